The van der Waals surface area contributed by atoms with Crippen molar-refractivity contribution in [2.45, 2.75) is 25.3 Å². The summed E-state index contributed by atoms with van der Waals surface area (Å²) in [6.45, 7) is 2.75. The van der Waals surface area contributed by atoms with Crippen molar-refractivity contribution < 1.29 is 14.6 Å². The third-order valence-corrected chi connectivity index (χ3v) is 2.92. The molecule has 0 radical (unpaired) electrons. The second kappa shape index (κ2) is 4.28. The predicted molar refractivity (Wildman–Crippen MR) is 51.2 cm³/mol. The molecule has 1 saturated heterocycles. The maximum Gasteiger partial charge on any atom is 0.317 e. The maximum absolute atomic E-state index is 10.6. The SMILES string of the molecule is O=C(O)CN(CC1CCOC1)C1CC1. The second-order valence-corrected chi connectivity index (χ2v) is 4.28. The number of nitrogens with zero attached hydrogens (tertiary/aromatic N) is 1. The summed E-state index contributed by atoms with van der Waals surface area (Å²) in [5.74, 6) is -0.161. The van der Waals surface area contributed by atoms with Crippen LogP contribution in [0.25, 0.3) is 0 Å². The highest BCUT2D eigenvalue weighted by Crippen LogP contribution is 2.28. The highest BCUT2D eigenvalue weighted by molar-refractivity contribution is 5.69. The molecule has 0 amide bonds. The van der Waals surface area contributed by atoms with Crippen molar-refractivity contribution in [1.82, 2.24) is 4.90 Å². The number of ether oxygens (including phenoxy) is 1. The molecule has 0 aromatic rings. The Morgan fingerprint density at radius 2 is 2.21 bits per heavy atom. The van der Waals surface area contributed by atoms with Crippen molar-refractivity contribution in [2.24, 2.45) is 5.92 Å². The standard InChI is InChI=1S/C10H17NO3/c12-10(13)6-11(9-1-2-9)5-8-3-4-14-7-8/h8-9H,1-7H2,(H,12,13). The minimum absolute atomic E-state index is 0.196. The highest BCUT2D eigenvalue weighted by Gasteiger charge is 2.32. The van der Waals surface area contributed by atoms with E-state index in [0.29, 0.717) is 12.0 Å². The van der Waals surface area contributed by atoms with Gasteiger partial charge >= 0.3 is 5.97 Å². The highest BCUT2D eigenvalue weighted by atomic mass is 16.5. The average molecular weight is 199 g/mol. The van der Waals surface area contributed by atoms with E-state index in [9.17, 15) is 4.79 Å². The van der Waals surface area contributed by atoms with Gasteiger partial charge in [0, 0.05) is 19.2 Å². The van der Waals surface area contributed by atoms with Gasteiger partial charge in [0.1, 0.15) is 0 Å². The fourth-order valence-electron chi connectivity index (χ4n) is 2.02. The Hall–Kier alpha value is -0.610. The van der Waals surface area contributed by atoms with Crippen LogP contribution < -0.4 is 0 Å². The third-order valence-electron chi connectivity index (χ3n) is 2.92. The van der Waals surface area contributed by atoms with Crippen LogP contribution in [-0.4, -0.2) is 48.3 Å². The van der Waals surface area contributed by atoms with E-state index in [-0.39, 0.29) is 6.54 Å². The molecule has 1 aliphatic carbocycles. The lowest BCUT2D eigenvalue weighted by atomic mass is 10.1. The fraction of sp³-hybridized carbons (Fsp3) is 0.900. The molecule has 1 saturated carbocycles. The number of hydrogen-bond acceptors (Lipinski definition) is 3. The molecule has 2 aliphatic rings. The molecule has 1 heterocycles. The predicted octanol–water partition coefficient (Wildman–Crippen LogP) is 0.572. The molecular weight excluding hydrogens is 182 g/mol. The van der Waals surface area contributed by atoms with E-state index in [2.05, 4.69) is 4.90 Å². The molecule has 1 atom stereocenters. The van der Waals surface area contributed by atoms with E-state index in [4.69, 9.17) is 9.84 Å². The monoisotopic (exact) mass is 199 g/mol. The van der Waals surface area contributed by atoms with E-state index in [0.717, 1.165) is 26.2 Å². The Morgan fingerprint density at radius 3 is 2.71 bits per heavy atom. The van der Waals surface area contributed by atoms with E-state index in [1.807, 2.05) is 0 Å². The molecule has 0 bridgehead atoms. The first-order valence-electron chi connectivity index (χ1n) is 5.29. The Morgan fingerprint density at radius 1 is 1.43 bits per heavy atom. The molecule has 4 nitrogen and oxygen atoms in total. The molecule has 4 heteroatoms. The lowest BCUT2D eigenvalue weighted by Crippen LogP contribution is -2.36. The zero-order valence-electron chi connectivity index (χ0n) is 8.32. The smallest absolute Gasteiger partial charge is 0.317 e. The molecule has 2 rings (SSSR count). The van der Waals surface area contributed by atoms with E-state index in [1.54, 1.807) is 0 Å². The van der Waals surface area contributed by atoms with Gasteiger partial charge in [-0.15, -0.1) is 0 Å². The van der Waals surface area contributed by atoms with Gasteiger partial charge in [0.15, 0.2) is 0 Å². The van der Waals surface area contributed by atoms with Crippen molar-refractivity contribution in [3.63, 3.8) is 0 Å². The van der Waals surface area contributed by atoms with Crippen LogP contribution in [-0.2, 0) is 9.53 Å². The molecule has 14 heavy (non-hydrogen) atoms. The lowest BCUT2D eigenvalue weighted by molar-refractivity contribution is -0.138. The summed E-state index contributed by atoms with van der Waals surface area (Å²) < 4.78 is 5.29. The molecule has 1 N–H and O–H groups in total. The normalized spacial score (nSPS) is 27.1. The lowest BCUT2D eigenvalue weighted by Gasteiger charge is -2.22. The third kappa shape index (κ3) is 2.69. The average Bonchev–Trinajstić information content (AvgIpc) is 2.85. The molecule has 0 aromatic carbocycles. The second-order valence-electron chi connectivity index (χ2n) is 4.28. The topological polar surface area (TPSA) is 49.8 Å². The van der Waals surface area contributed by atoms with Crippen LogP contribution in [0, 0.1) is 5.92 Å². The summed E-state index contributed by atoms with van der Waals surface area (Å²) in [6, 6.07) is 0.534. The van der Waals surface area contributed by atoms with Crippen molar-refractivity contribution in [1.29, 1.82) is 0 Å². The van der Waals surface area contributed by atoms with Crippen molar-refractivity contribution in [3.05, 3.63) is 0 Å². The van der Waals surface area contributed by atoms with Gasteiger partial charge < -0.3 is 9.84 Å². The van der Waals surface area contributed by atoms with Crippen LogP contribution in [0.1, 0.15) is 19.3 Å². The van der Waals surface area contributed by atoms with E-state index < -0.39 is 5.97 Å². The van der Waals surface area contributed by atoms with Gasteiger partial charge in [0.2, 0.25) is 0 Å². The first-order valence-corrected chi connectivity index (χ1v) is 5.29. The van der Waals surface area contributed by atoms with Crippen molar-refractivity contribution in [2.75, 3.05) is 26.3 Å². The largest absolute Gasteiger partial charge is 0.480 e. The fourth-order valence-corrected chi connectivity index (χ4v) is 2.02. The first kappa shape index (κ1) is 9.93. The molecule has 1 aliphatic heterocycles. The van der Waals surface area contributed by atoms with Crippen LogP contribution in [0.15, 0.2) is 0 Å². The maximum atomic E-state index is 10.6. The first-order chi connectivity index (χ1) is 6.75. The van der Waals surface area contributed by atoms with Crippen LogP contribution >= 0.6 is 0 Å². The number of carboxylic acid groups (broad SMARTS) is 1. The van der Waals surface area contributed by atoms with Gasteiger partial charge in [-0.2, -0.15) is 0 Å². The van der Waals surface area contributed by atoms with Crippen LogP contribution in [0.2, 0.25) is 0 Å². The quantitative estimate of drug-likeness (QED) is 0.703. The van der Waals surface area contributed by atoms with Gasteiger partial charge in [0.25, 0.3) is 0 Å². The van der Waals surface area contributed by atoms with Gasteiger partial charge in [-0.1, -0.05) is 0 Å². The van der Waals surface area contributed by atoms with Crippen molar-refractivity contribution in [3.8, 4) is 0 Å². The molecular formula is C10H17NO3. The summed E-state index contributed by atoms with van der Waals surface area (Å²) in [7, 11) is 0. The van der Waals surface area contributed by atoms with E-state index in [1.165, 1.54) is 12.8 Å². The summed E-state index contributed by atoms with van der Waals surface area (Å²) in [6.07, 6.45) is 3.42. The Labute approximate surface area is 83.8 Å². The summed E-state index contributed by atoms with van der Waals surface area (Å²) in [5, 5.41) is 8.76. The Kier molecular flexibility index (Phi) is 3.03. The van der Waals surface area contributed by atoms with Gasteiger partial charge in [-0.05, 0) is 25.2 Å². The molecule has 2 fully saturated rings. The molecule has 0 spiro atoms. The van der Waals surface area contributed by atoms with E-state index >= 15 is 0 Å². The van der Waals surface area contributed by atoms with Gasteiger partial charge in [-0.3, -0.25) is 9.69 Å². The van der Waals surface area contributed by atoms with Crippen molar-refractivity contribution >= 4 is 5.97 Å². The van der Waals surface area contributed by atoms with Gasteiger partial charge in [0.05, 0.1) is 13.2 Å². The zero-order valence-corrected chi connectivity index (χ0v) is 8.32. The Bertz CT molecular complexity index is 209. The van der Waals surface area contributed by atoms with Crippen LogP contribution in [0.3, 0.4) is 0 Å². The number of carbonyl (C=O) groups is 1. The zero-order chi connectivity index (χ0) is 9.97. The number of carboxylic acids is 1. The van der Waals surface area contributed by atoms with Gasteiger partial charge in [-0.25, -0.2) is 0 Å². The molecule has 0 aromatic heterocycles. The number of rotatable bonds is 5. The van der Waals surface area contributed by atoms with Crippen LogP contribution in [0.5, 0.6) is 0 Å². The summed E-state index contributed by atoms with van der Waals surface area (Å²) in [4.78, 5) is 12.7. The van der Waals surface area contributed by atoms with Crippen LogP contribution in [0.4, 0.5) is 0 Å². The minimum atomic E-state index is -0.712. The molecule has 1 unspecified atom stereocenters. The number of hydrogen-bond donors (Lipinski definition) is 1. The summed E-state index contributed by atoms with van der Waals surface area (Å²) >= 11 is 0. The minimum Gasteiger partial charge on any atom is -0.480 e. The summed E-state index contributed by atoms with van der Waals surface area (Å²) in [5.41, 5.74) is 0. The number of aliphatic carboxylic acids is 1. The Balaban J connectivity index is 1.80. The molecule has 80 valence electrons.